The molecule has 1 heterocycles. The van der Waals surface area contributed by atoms with Crippen molar-refractivity contribution in [2.75, 3.05) is 0 Å². The third-order valence-corrected chi connectivity index (χ3v) is 2.95. The second-order valence-electron chi connectivity index (χ2n) is 4.48. The third-order valence-electron chi connectivity index (χ3n) is 2.95. The van der Waals surface area contributed by atoms with Crippen LogP contribution in [0.4, 0.5) is 0 Å². The second kappa shape index (κ2) is 6.24. The van der Waals surface area contributed by atoms with Crippen LogP contribution in [-0.2, 0) is 19.5 Å². The van der Waals surface area contributed by atoms with Gasteiger partial charge in [0.25, 0.3) is 0 Å². The number of hydrogen-bond donors (Lipinski definition) is 0. The van der Waals surface area contributed by atoms with Crippen molar-refractivity contribution in [1.29, 1.82) is 0 Å². The van der Waals surface area contributed by atoms with E-state index in [-0.39, 0.29) is 0 Å². The maximum absolute atomic E-state index is 2.28. The van der Waals surface area contributed by atoms with E-state index in [1.807, 2.05) is 0 Å². The summed E-state index contributed by atoms with van der Waals surface area (Å²) in [6, 6.07) is 10.7. The first kappa shape index (κ1) is 11.9. The molecule has 1 aromatic heterocycles. The lowest BCUT2D eigenvalue weighted by atomic mass is 10.1. The molecule has 0 N–H and O–H groups in total. The van der Waals surface area contributed by atoms with Crippen LogP contribution in [-0.4, -0.2) is 4.57 Å². The monoisotopic (exact) mass is 229 g/mol. The standard InChI is InChI=1S/C15H21N2/c1-2-10-16-12-13-17(14-16)11-6-9-15-7-4-3-5-8-15/h3-5,7-8,12-14H,2,6,9-11H2,1H3/q+1. The largest absolute Gasteiger partial charge is 0.243 e. The molecule has 90 valence electrons. The molecule has 0 spiro atoms. The first-order valence-electron chi connectivity index (χ1n) is 6.47. The van der Waals surface area contributed by atoms with Gasteiger partial charge in [-0.25, -0.2) is 9.13 Å². The highest BCUT2D eigenvalue weighted by Gasteiger charge is 2.02. The molecule has 0 fully saturated rings. The Balaban J connectivity index is 1.78. The molecular formula is C15H21N2+. The Kier molecular flexibility index (Phi) is 4.37. The van der Waals surface area contributed by atoms with E-state index in [1.54, 1.807) is 0 Å². The van der Waals surface area contributed by atoms with E-state index in [1.165, 1.54) is 18.4 Å². The van der Waals surface area contributed by atoms with Gasteiger partial charge in [0, 0.05) is 0 Å². The van der Waals surface area contributed by atoms with Crippen molar-refractivity contribution in [2.45, 2.75) is 39.3 Å². The predicted octanol–water partition coefficient (Wildman–Crippen LogP) is 2.82. The van der Waals surface area contributed by atoms with Crippen molar-refractivity contribution in [3.05, 3.63) is 54.6 Å². The molecule has 2 heteroatoms. The summed E-state index contributed by atoms with van der Waals surface area (Å²) in [5.41, 5.74) is 1.43. The fourth-order valence-electron chi connectivity index (χ4n) is 2.07. The maximum atomic E-state index is 2.28. The smallest absolute Gasteiger partial charge is 0.237 e. The zero-order valence-corrected chi connectivity index (χ0v) is 10.5. The number of imidazole rings is 1. The van der Waals surface area contributed by atoms with Gasteiger partial charge in [0.05, 0.1) is 13.1 Å². The first-order chi connectivity index (χ1) is 8.38. The normalized spacial score (nSPS) is 10.6. The molecule has 17 heavy (non-hydrogen) atoms. The summed E-state index contributed by atoms with van der Waals surface area (Å²) in [5.74, 6) is 0. The maximum Gasteiger partial charge on any atom is 0.243 e. The highest BCUT2D eigenvalue weighted by molar-refractivity contribution is 5.14. The van der Waals surface area contributed by atoms with Crippen LogP contribution in [0.5, 0.6) is 0 Å². The van der Waals surface area contributed by atoms with Gasteiger partial charge in [0.2, 0.25) is 6.33 Å². The lowest BCUT2D eigenvalue weighted by Crippen LogP contribution is -2.30. The summed E-state index contributed by atoms with van der Waals surface area (Å²) in [4.78, 5) is 0. The van der Waals surface area contributed by atoms with Crippen LogP contribution in [0.1, 0.15) is 25.3 Å². The summed E-state index contributed by atoms with van der Waals surface area (Å²) in [7, 11) is 0. The Labute approximate surface area is 104 Å². The van der Waals surface area contributed by atoms with Gasteiger partial charge >= 0.3 is 0 Å². The highest BCUT2D eigenvalue weighted by Crippen LogP contribution is 2.03. The number of aromatic nitrogens is 2. The number of hydrogen-bond acceptors (Lipinski definition) is 0. The fourth-order valence-corrected chi connectivity index (χ4v) is 2.07. The van der Waals surface area contributed by atoms with Gasteiger partial charge in [-0.2, -0.15) is 0 Å². The molecule has 0 aliphatic rings. The van der Waals surface area contributed by atoms with Crippen molar-refractivity contribution in [2.24, 2.45) is 0 Å². The third kappa shape index (κ3) is 3.74. The van der Waals surface area contributed by atoms with Gasteiger partial charge < -0.3 is 0 Å². The highest BCUT2D eigenvalue weighted by atomic mass is 15.1. The molecule has 0 aliphatic carbocycles. The van der Waals surface area contributed by atoms with Crippen LogP contribution in [0, 0.1) is 0 Å². The van der Waals surface area contributed by atoms with Gasteiger partial charge in [0.1, 0.15) is 12.4 Å². The summed E-state index contributed by atoms with van der Waals surface area (Å²) in [6.07, 6.45) is 10.1. The molecule has 1 aromatic carbocycles. The summed E-state index contributed by atoms with van der Waals surface area (Å²) in [5, 5.41) is 0. The number of rotatable bonds is 6. The minimum Gasteiger partial charge on any atom is -0.237 e. The molecular weight excluding hydrogens is 208 g/mol. The number of nitrogens with zero attached hydrogens (tertiary/aromatic N) is 2. The Morgan fingerprint density at radius 1 is 1.18 bits per heavy atom. The SMILES string of the molecule is CCC[n+]1ccn(CCCc2ccccc2)c1. The average Bonchev–Trinajstić information content (AvgIpc) is 2.79. The van der Waals surface area contributed by atoms with Crippen LogP contribution in [0.25, 0.3) is 0 Å². The second-order valence-corrected chi connectivity index (χ2v) is 4.48. The van der Waals surface area contributed by atoms with E-state index in [2.05, 4.69) is 65.1 Å². The van der Waals surface area contributed by atoms with E-state index < -0.39 is 0 Å². The van der Waals surface area contributed by atoms with Crippen LogP contribution in [0.2, 0.25) is 0 Å². The average molecular weight is 229 g/mol. The summed E-state index contributed by atoms with van der Waals surface area (Å²) in [6.45, 7) is 4.43. The number of benzene rings is 1. The molecule has 0 radical (unpaired) electrons. The van der Waals surface area contributed by atoms with Gasteiger partial charge in [-0.15, -0.1) is 0 Å². The van der Waals surface area contributed by atoms with Crippen LogP contribution < -0.4 is 4.57 Å². The molecule has 2 nitrogen and oxygen atoms in total. The molecule has 0 unspecified atom stereocenters. The molecule has 2 aromatic rings. The molecule has 0 amide bonds. The number of aryl methyl sites for hydroxylation is 3. The molecule has 0 bridgehead atoms. The Morgan fingerprint density at radius 3 is 2.76 bits per heavy atom. The van der Waals surface area contributed by atoms with Crippen molar-refractivity contribution in [1.82, 2.24) is 4.57 Å². The van der Waals surface area contributed by atoms with Crippen molar-refractivity contribution >= 4 is 0 Å². The van der Waals surface area contributed by atoms with Crippen LogP contribution in [0.3, 0.4) is 0 Å². The minimum atomic E-state index is 1.10. The fraction of sp³-hybridized carbons (Fsp3) is 0.400. The lowest BCUT2D eigenvalue weighted by molar-refractivity contribution is -0.696. The van der Waals surface area contributed by atoms with Gasteiger partial charge in [0.15, 0.2) is 0 Å². The van der Waals surface area contributed by atoms with Gasteiger partial charge in [-0.1, -0.05) is 37.3 Å². The van der Waals surface area contributed by atoms with E-state index in [0.29, 0.717) is 0 Å². The van der Waals surface area contributed by atoms with E-state index in [0.717, 1.165) is 19.5 Å². The Hall–Kier alpha value is -1.57. The van der Waals surface area contributed by atoms with Crippen LogP contribution in [0.15, 0.2) is 49.1 Å². The molecule has 2 rings (SSSR count). The summed E-state index contributed by atoms with van der Waals surface area (Å²) >= 11 is 0. The Morgan fingerprint density at radius 2 is 2.00 bits per heavy atom. The minimum absolute atomic E-state index is 1.10. The predicted molar refractivity (Wildman–Crippen MR) is 69.7 cm³/mol. The summed E-state index contributed by atoms with van der Waals surface area (Å²) < 4.78 is 4.53. The molecule has 0 saturated heterocycles. The Bertz CT molecular complexity index is 431. The van der Waals surface area contributed by atoms with Crippen molar-refractivity contribution in [3.8, 4) is 0 Å². The van der Waals surface area contributed by atoms with Gasteiger partial charge in [-0.05, 0) is 24.8 Å². The lowest BCUT2D eigenvalue weighted by Gasteiger charge is -1.99. The zero-order valence-electron chi connectivity index (χ0n) is 10.5. The van der Waals surface area contributed by atoms with E-state index in [9.17, 15) is 0 Å². The van der Waals surface area contributed by atoms with Crippen molar-refractivity contribution in [3.63, 3.8) is 0 Å². The first-order valence-corrected chi connectivity index (χ1v) is 6.47. The molecule has 0 saturated carbocycles. The quantitative estimate of drug-likeness (QED) is 0.674. The zero-order chi connectivity index (χ0) is 11.9. The topological polar surface area (TPSA) is 8.81 Å². The van der Waals surface area contributed by atoms with E-state index in [4.69, 9.17) is 0 Å². The van der Waals surface area contributed by atoms with Crippen LogP contribution >= 0.6 is 0 Å². The van der Waals surface area contributed by atoms with Gasteiger partial charge in [-0.3, -0.25) is 0 Å². The molecule has 0 aliphatic heterocycles. The van der Waals surface area contributed by atoms with Crippen molar-refractivity contribution < 1.29 is 4.57 Å². The van der Waals surface area contributed by atoms with E-state index >= 15 is 0 Å². The molecule has 0 atom stereocenters.